The zero-order valence-electron chi connectivity index (χ0n) is 13.8. The van der Waals surface area contributed by atoms with Gasteiger partial charge in [-0.25, -0.2) is 0 Å². The molecule has 0 spiro atoms. The number of halogens is 1. The zero-order chi connectivity index (χ0) is 16.6. The van der Waals surface area contributed by atoms with Crippen LogP contribution in [-0.2, 0) is 4.79 Å². The Balaban J connectivity index is 0.00000208. The quantitative estimate of drug-likeness (QED) is 0.801. The lowest BCUT2D eigenvalue weighted by Gasteiger charge is -2.22. The molecule has 130 valence electrons. The number of carbonyl (C=O) groups excluding carboxylic acids is 3. The largest absolute Gasteiger partial charge is 0.353 e. The summed E-state index contributed by atoms with van der Waals surface area (Å²) in [6, 6.07) is 4.60. The van der Waals surface area contributed by atoms with E-state index in [9.17, 15) is 14.4 Å². The lowest BCUT2D eigenvalue weighted by molar-refractivity contribution is -0.124. The summed E-state index contributed by atoms with van der Waals surface area (Å²) < 4.78 is 0. The van der Waals surface area contributed by atoms with Crippen LogP contribution in [-0.4, -0.2) is 47.8 Å². The van der Waals surface area contributed by atoms with E-state index in [0.29, 0.717) is 17.7 Å². The van der Waals surface area contributed by atoms with Gasteiger partial charge in [0.2, 0.25) is 5.91 Å². The van der Waals surface area contributed by atoms with E-state index >= 15 is 0 Å². The van der Waals surface area contributed by atoms with Gasteiger partial charge in [-0.15, -0.1) is 12.4 Å². The average Bonchev–Trinajstić information content (AvgIpc) is 3.12. The van der Waals surface area contributed by atoms with E-state index in [1.807, 2.05) is 6.92 Å². The third-order valence-electron chi connectivity index (χ3n) is 4.53. The summed E-state index contributed by atoms with van der Waals surface area (Å²) in [6.45, 7) is 4.94. The van der Waals surface area contributed by atoms with E-state index in [1.165, 1.54) is 0 Å². The lowest BCUT2D eigenvalue weighted by Crippen LogP contribution is -2.49. The highest BCUT2D eigenvalue weighted by Gasteiger charge is 2.40. The van der Waals surface area contributed by atoms with Crippen molar-refractivity contribution >= 4 is 30.1 Å². The molecule has 24 heavy (non-hydrogen) atoms. The van der Waals surface area contributed by atoms with Crippen molar-refractivity contribution in [1.29, 1.82) is 0 Å². The van der Waals surface area contributed by atoms with Gasteiger partial charge in [0, 0.05) is 12.6 Å². The second kappa shape index (κ2) is 7.32. The number of rotatable bonds is 4. The van der Waals surface area contributed by atoms with Crippen LogP contribution in [0.3, 0.4) is 0 Å². The Morgan fingerprint density at radius 1 is 1.33 bits per heavy atom. The predicted octanol–water partition coefficient (Wildman–Crippen LogP) is 1.27. The number of fused-ring (bicyclic) bond motifs is 1. The molecule has 2 aliphatic rings. The second-order valence-electron chi connectivity index (χ2n) is 6.24. The van der Waals surface area contributed by atoms with Crippen LogP contribution in [0.4, 0.5) is 0 Å². The Hall–Kier alpha value is -1.92. The Morgan fingerprint density at radius 3 is 2.71 bits per heavy atom. The first-order valence-electron chi connectivity index (χ1n) is 7.98. The first kappa shape index (κ1) is 18.4. The number of carbonyl (C=O) groups is 3. The van der Waals surface area contributed by atoms with Crippen LogP contribution in [0.25, 0.3) is 0 Å². The van der Waals surface area contributed by atoms with E-state index in [-0.39, 0.29) is 24.4 Å². The summed E-state index contributed by atoms with van der Waals surface area (Å²) in [5, 5.41) is 6.13. The highest BCUT2D eigenvalue weighted by molar-refractivity contribution is 6.22. The first-order chi connectivity index (χ1) is 11.0. The smallest absolute Gasteiger partial charge is 0.262 e. The molecule has 7 heteroatoms. The van der Waals surface area contributed by atoms with Crippen molar-refractivity contribution in [2.45, 2.75) is 38.8 Å². The standard InChI is InChI=1S/C17H21N3O3.ClH/c1-10-5-6-13-14(8-10)17(23)20(16(13)22)11(2)15(21)19-9-12-4-3-7-18-12;/h5-6,8,11-12,18H,3-4,7,9H2,1-2H3,(H,19,21);1H. The lowest BCUT2D eigenvalue weighted by atomic mass is 10.1. The summed E-state index contributed by atoms with van der Waals surface area (Å²) >= 11 is 0. The fourth-order valence-electron chi connectivity index (χ4n) is 3.14. The highest BCUT2D eigenvalue weighted by Crippen LogP contribution is 2.25. The monoisotopic (exact) mass is 351 g/mol. The summed E-state index contributed by atoms with van der Waals surface area (Å²) in [5.41, 5.74) is 1.67. The fraction of sp³-hybridized carbons (Fsp3) is 0.471. The van der Waals surface area contributed by atoms with Crippen LogP contribution in [0.5, 0.6) is 0 Å². The summed E-state index contributed by atoms with van der Waals surface area (Å²) in [4.78, 5) is 38.3. The van der Waals surface area contributed by atoms with Gasteiger partial charge >= 0.3 is 0 Å². The maximum absolute atomic E-state index is 12.5. The molecule has 1 aromatic rings. The third kappa shape index (κ3) is 3.30. The zero-order valence-corrected chi connectivity index (χ0v) is 14.6. The predicted molar refractivity (Wildman–Crippen MR) is 92.4 cm³/mol. The molecule has 1 aromatic carbocycles. The van der Waals surface area contributed by atoms with Gasteiger partial charge in [-0.2, -0.15) is 0 Å². The van der Waals surface area contributed by atoms with Gasteiger partial charge in [-0.05, 0) is 45.4 Å². The minimum absolute atomic E-state index is 0. The summed E-state index contributed by atoms with van der Waals surface area (Å²) in [5.74, 6) is -1.09. The molecule has 2 N–H and O–H groups in total. The van der Waals surface area contributed by atoms with Crippen LogP contribution in [0, 0.1) is 6.92 Å². The normalized spacial score (nSPS) is 20.6. The number of aryl methyl sites for hydroxylation is 1. The summed E-state index contributed by atoms with van der Waals surface area (Å²) in [6.07, 6.45) is 2.13. The van der Waals surface area contributed by atoms with Gasteiger partial charge in [-0.3, -0.25) is 19.3 Å². The van der Waals surface area contributed by atoms with Crippen LogP contribution in [0.15, 0.2) is 18.2 Å². The molecule has 0 radical (unpaired) electrons. The minimum atomic E-state index is -0.816. The van der Waals surface area contributed by atoms with Gasteiger partial charge < -0.3 is 10.6 Å². The molecule has 2 aliphatic heterocycles. The number of imide groups is 1. The molecule has 3 amide bonds. The maximum atomic E-state index is 12.5. The van der Waals surface area contributed by atoms with Gasteiger partial charge in [0.25, 0.3) is 11.8 Å². The van der Waals surface area contributed by atoms with Gasteiger partial charge in [0.1, 0.15) is 6.04 Å². The van der Waals surface area contributed by atoms with Gasteiger partial charge in [0.05, 0.1) is 11.1 Å². The molecule has 6 nitrogen and oxygen atoms in total. The minimum Gasteiger partial charge on any atom is -0.353 e. The molecule has 2 atom stereocenters. The third-order valence-corrected chi connectivity index (χ3v) is 4.53. The van der Waals surface area contributed by atoms with Crippen LogP contribution in [0.2, 0.25) is 0 Å². The van der Waals surface area contributed by atoms with Crippen LogP contribution < -0.4 is 10.6 Å². The number of hydrogen-bond acceptors (Lipinski definition) is 4. The second-order valence-corrected chi connectivity index (χ2v) is 6.24. The number of nitrogens with one attached hydrogen (secondary N) is 2. The van der Waals surface area contributed by atoms with Crippen molar-refractivity contribution in [2.75, 3.05) is 13.1 Å². The van der Waals surface area contributed by atoms with Gasteiger partial charge in [0.15, 0.2) is 0 Å². The summed E-state index contributed by atoms with van der Waals surface area (Å²) in [7, 11) is 0. The number of benzene rings is 1. The van der Waals surface area contributed by atoms with Crippen LogP contribution in [0.1, 0.15) is 46.0 Å². The van der Waals surface area contributed by atoms with Crippen molar-refractivity contribution in [3.05, 3.63) is 34.9 Å². The fourth-order valence-corrected chi connectivity index (χ4v) is 3.14. The molecule has 0 aromatic heterocycles. The molecule has 0 bridgehead atoms. The molecule has 1 saturated heterocycles. The molecule has 2 heterocycles. The molecule has 0 aliphatic carbocycles. The number of amides is 3. The van der Waals surface area contributed by atoms with E-state index < -0.39 is 17.9 Å². The van der Waals surface area contributed by atoms with E-state index in [1.54, 1.807) is 25.1 Å². The van der Waals surface area contributed by atoms with Crippen molar-refractivity contribution in [1.82, 2.24) is 15.5 Å². The van der Waals surface area contributed by atoms with Crippen LogP contribution >= 0.6 is 12.4 Å². The number of nitrogens with zero attached hydrogens (tertiary/aromatic N) is 1. The average molecular weight is 352 g/mol. The Morgan fingerprint density at radius 2 is 2.04 bits per heavy atom. The maximum Gasteiger partial charge on any atom is 0.262 e. The Labute approximate surface area is 147 Å². The Kier molecular flexibility index (Phi) is 5.62. The highest BCUT2D eigenvalue weighted by atomic mass is 35.5. The van der Waals surface area contributed by atoms with E-state index in [4.69, 9.17) is 0 Å². The molecule has 0 saturated carbocycles. The Bertz CT molecular complexity index is 671. The molecular weight excluding hydrogens is 330 g/mol. The number of hydrogen-bond donors (Lipinski definition) is 2. The van der Waals surface area contributed by atoms with Crippen molar-refractivity contribution in [2.24, 2.45) is 0 Å². The first-order valence-corrected chi connectivity index (χ1v) is 7.98. The van der Waals surface area contributed by atoms with Crippen molar-refractivity contribution in [3.8, 4) is 0 Å². The molecule has 2 unspecified atom stereocenters. The molecular formula is C17H22ClN3O3. The molecule has 1 fully saturated rings. The van der Waals surface area contributed by atoms with Crippen molar-refractivity contribution < 1.29 is 14.4 Å². The topological polar surface area (TPSA) is 78.5 Å². The molecule has 3 rings (SSSR count). The van der Waals surface area contributed by atoms with E-state index in [0.717, 1.165) is 29.8 Å². The van der Waals surface area contributed by atoms with Gasteiger partial charge in [-0.1, -0.05) is 11.6 Å². The van der Waals surface area contributed by atoms with E-state index in [2.05, 4.69) is 10.6 Å². The van der Waals surface area contributed by atoms with Crippen molar-refractivity contribution in [3.63, 3.8) is 0 Å². The SMILES string of the molecule is Cc1ccc2c(c1)C(=O)N(C(C)C(=O)NCC1CCCN1)C2=O.Cl.